The number of benzene rings is 2. The highest BCUT2D eigenvalue weighted by molar-refractivity contribution is 7.92. The molecule has 1 aliphatic heterocycles. The number of likely N-dealkylation sites (tertiary alicyclic amines) is 1. The number of hydrogen-bond donors (Lipinski definition) is 1. The van der Waals surface area contributed by atoms with E-state index in [4.69, 9.17) is 0 Å². The monoisotopic (exact) mass is 358 g/mol. The van der Waals surface area contributed by atoms with Crippen molar-refractivity contribution in [3.63, 3.8) is 0 Å². The van der Waals surface area contributed by atoms with E-state index < -0.39 is 10.0 Å². The molecule has 0 spiro atoms. The van der Waals surface area contributed by atoms with Gasteiger partial charge in [-0.1, -0.05) is 24.3 Å². The van der Waals surface area contributed by atoms with Gasteiger partial charge >= 0.3 is 0 Å². The van der Waals surface area contributed by atoms with Crippen molar-refractivity contribution in [1.29, 1.82) is 0 Å². The Kier molecular flexibility index (Phi) is 4.81. The molecule has 5 nitrogen and oxygen atoms in total. The fourth-order valence-corrected chi connectivity index (χ4v) is 4.46. The van der Waals surface area contributed by atoms with Crippen LogP contribution in [0.4, 0.5) is 5.69 Å². The number of nitrogens with one attached hydrogen (secondary N) is 1. The van der Waals surface area contributed by atoms with E-state index in [9.17, 15) is 13.2 Å². The molecule has 0 aliphatic carbocycles. The van der Waals surface area contributed by atoms with E-state index in [1.807, 2.05) is 13.0 Å². The third-order valence-electron chi connectivity index (χ3n) is 4.43. The summed E-state index contributed by atoms with van der Waals surface area (Å²) in [6.45, 7) is 5.05. The Morgan fingerprint density at radius 1 is 1.04 bits per heavy atom. The fourth-order valence-electron chi connectivity index (χ4n) is 3.05. The van der Waals surface area contributed by atoms with Crippen LogP contribution in [0.2, 0.25) is 0 Å². The van der Waals surface area contributed by atoms with Gasteiger partial charge in [0, 0.05) is 13.1 Å². The molecule has 1 aliphatic rings. The highest BCUT2D eigenvalue weighted by Gasteiger charge is 2.24. The Morgan fingerprint density at radius 3 is 2.44 bits per heavy atom. The number of amides is 1. The predicted octanol–water partition coefficient (Wildman–Crippen LogP) is 3.34. The van der Waals surface area contributed by atoms with Gasteiger partial charge in [-0.25, -0.2) is 8.42 Å². The van der Waals surface area contributed by atoms with E-state index in [0.717, 1.165) is 31.5 Å². The van der Waals surface area contributed by atoms with Crippen LogP contribution in [0.3, 0.4) is 0 Å². The summed E-state index contributed by atoms with van der Waals surface area (Å²) in [6.07, 6.45) is 1.98. The van der Waals surface area contributed by atoms with E-state index >= 15 is 0 Å². The van der Waals surface area contributed by atoms with Crippen molar-refractivity contribution >= 4 is 21.6 Å². The zero-order chi connectivity index (χ0) is 18.0. The maximum atomic E-state index is 12.8. The predicted molar refractivity (Wildman–Crippen MR) is 98.3 cm³/mol. The number of aryl methyl sites for hydroxylation is 2. The van der Waals surface area contributed by atoms with E-state index in [1.54, 1.807) is 48.2 Å². The Hall–Kier alpha value is -2.34. The first-order valence-electron chi connectivity index (χ1n) is 8.37. The normalized spacial score (nSPS) is 14.6. The van der Waals surface area contributed by atoms with Crippen molar-refractivity contribution in [2.45, 2.75) is 31.6 Å². The summed E-state index contributed by atoms with van der Waals surface area (Å²) in [6, 6.07) is 12.1. The number of para-hydroxylation sites is 1. The molecule has 0 atom stereocenters. The molecule has 2 aromatic rings. The van der Waals surface area contributed by atoms with Gasteiger partial charge in [0.1, 0.15) is 0 Å². The topological polar surface area (TPSA) is 66.5 Å². The molecule has 0 radical (unpaired) electrons. The summed E-state index contributed by atoms with van der Waals surface area (Å²) in [5.74, 6) is -0.128. The largest absolute Gasteiger partial charge is 0.339 e. The number of carbonyl (C=O) groups excluding carboxylic acids is 1. The lowest BCUT2D eigenvalue weighted by Crippen LogP contribution is -2.29. The van der Waals surface area contributed by atoms with Gasteiger partial charge in [0.25, 0.3) is 15.9 Å². The van der Waals surface area contributed by atoms with Gasteiger partial charge in [-0.05, 0) is 56.0 Å². The average Bonchev–Trinajstić information content (AvgIpc) is 3.11. The molecule has 2 aromatic carbocycles. The van der Waals surface area contributed by atoms with Crippen molar-refractivity contribution in [2.75, 3.05) is 17.8 Å². The summed E-state index contributed by atoms with van der Waals surface area (Å²) in [5, 5.41) is 0. The molecule has 132 valence electrons. The van der Waals surface area contributed by atoms with Gasteiger partial charge in [0.2, 0.25) is 0 Å². The number of sulfonamides is 1. The molecule has 0 aromatic heterocycles. The van der Waals surface area contributed by atoms with Gasteiger partial charge in [-0.3, -0.25) is 9.52 Å². The fraction of sp³-hybridized carbons (Fsp3) is 0.316. The Bertz CT molecular complexity index is 901. The summed E-state index contributed by atoms with van der Waals surface area (Å²) < 4.78 is 28.3. The lowest BCUT2D eigenvalue weighted by atomic mass is 10.1. The lowest BCUT2D eigenvalue weighted by molar-refractivity contribution is 0.0794. The molecule has 1 amide bonds. The van der Waals surface area contributed by atoms with Crippen LogP contribution >= 0.6 is 0 Å². The van der Waals surface area contributed by atoms with Crippen molar-refractivity contribution in [3.8, 4) is 0 Å². The van der Waals surface area contributed by atoms with Crippen molar-refractivity contribution in [1.82, 2.24) is 4.90 Å². The smallest absolute Gasteiger partial charge is 0.262 e. The van der Waals surface area contributed by atoms with Gasteiger partial charge in [-0.2, -0.15) is 0 Å². The second-order valence-corrected chi connectivity index (χ2v) is 8.07. The van der Waals surface area contributed by atoms with E-state index in [-0.39, 0.29) is 10.8 Å². The molecule has 0 saturated carbocycles. The molecule has 25 heavy (non-hydrogen) atoms. The zero-order valence-corrected chi connectivity index (χ0v) is 15.3. The van der Waals surface area contributed by atoms with Crippen LogP contribution in [0.1, 0.15) is 34.3 Å². The first-order valence-corrected chi connectivity index (χ1v) is 9.85. The Morgan fingerprint density at radius 2 is 1.72 bits per heavy atom. The molecule has 0 bridgehead atoms. The molecule has 1 heterocycles. The highest BCUT2D eigenvalue weighted by atomic mass is 32.2. The van der Waals surface area contributed by atoms with Gasteiger partial charge in [0.15, 0.2) is 0 Å². The van der Waals surface area contributed by atoms with E-state index in [2.05, 4.69) is 4.72 Å². The third kappa shape index (κ3) is 3.69. The first kappa shape index (κ1) is 17.5. The van der Waals surface area contributed by atoms with Crippen molar-refractivity contribution < 1.29 is 13.2 Å². The summed E-state index contributed by atoms with van der Waals surface area (Å²) in [7, 11) is -3.77. The Balaban J connectivity index is 1.95. The quantitative estimate of drug-likeness (QED) is 0.911. The first-order chi connectivity index (χ1) is 11.9. The molecule has 1 saturated heterocycles. The summed E-state index contributed by atoms with van der Waals surface area (Å²) in [4.78, 5) is 14.7. The molecule has 1 fully saturated rings. The van der Waals surface area contributed by atoms with Crippen molar-refractivity contribution in [2.24, 2.45) is 0 Å². The van der Waals surface area contributed by atoms with Gasteiger partial charge in [0.05, 0.1) is 16.1 Å². The summed E-state index contributed by atoms with van der Waals surface area (Å²) in [5.41, 5.74) is 2.24. The maximum Gasteiger partial charge on any atom is 0.262 e. The van der Waals surface area contributed by atoms with Crippen LogP contribution in [0.15, 0.2) is 47.4 Å². The summed E-state index contributed by atoms with van der Waals surface area (Å²) >= 11 is 0. The number of hydrogen-bond acceptors (Lipinski definition) is 3. The van der Waals surface area contributed by atoms with Crippen LogP contribution in [-0.4, -0.2) is 32.3 Å². The van der Waals surface area contributed by atoms with Gasteiger partial charge < -0.3 is 4.90 Å². The van der Waals surface area contributed by atoms with Crippen LogP contribution in [0, 0.1) is 13.8 Å². The van der Waals surface area contributed by atoms with E-state index in [0.29, 0.717) is 16.8 Å². The molecular formula is C19H22N2O3S. The number of rotatable bonds is 4. The Labute approximate surface area is 148 Å². The van der Waals surface area contributed by atoms with Crippen LogP contribution in [0.5, 0.6) is 0 Å². The molecule has 1 N–H and O–H groups in total. The number of carbonyl (C=O) groups is 1. The lowest BCUT2D eigenvalue weighted by Gasteiger charge is -2.18. The maximum absolute atomic E-state index is 12.8. The van der Waals surface area contributed by atoms with Crippen LogP contribution in [-0.2, 0) is 10.0 Å². The zero-order valence-electron chi connectivity index (χ0n) is 14.5. The van der Waals surface area contributed by atoms with E-state index in [1.165, 1.54) is 0 Å². The van der Waals surface area contributed by atoms with Gasteiger partial charge in [-0.15, -0.1) is 0 Å². The second kappa shape index (κ2) is 6.88. The SMILES string of the molecule is Cc1ccc(C)c(S(=O)(=O)Nc2ccccc2C(=O)N2CCCC2)c1. The number of anilines is 1. The highest BCUT2D eigenvalue weighted by Crippen LogP contribution is 2.25. The molecule has 3 rings (SSSR count). The van der Waals surface area contributed by atoms with Crippen molar-refractivity contribution in [3.05, 3.63) is 59.2 Å². The average molecular weight is 358 g/mol. The molecular weight excluding hydrogens is 336 g/mol. The minimum absolute atomic E-state index is 0.128. The standard InChI is InChI=1S/C19H22N2O3S/c1-14-9-10-15(2)18(13-14)25(23,24)20-17-8-4-3-7-16(17)19(22)21-11-5-6-12-21/h3-4,7-10,13,20H,5-6,11-12H2,1-2H3. The second-order valence-electron chi connectivity index (χ2n) is 6.42. The third-order valence-corrected chi connectivity index (χ3v) is 5.94. The number of nitrogens with zero attached hydrogens (tertiary/aromatic N) is 1. The van der Waals surface area contributed by atoms with Crippen LogP contribution < -0.4 is 4.72 Å². The molecule has 6 heteroatoms. The minimum atomic E-state index is -3.77. The molecule has 0 unspecified atom stereocenters. The van der Waals surface area contributed by atoms with Crippen LogP contribution in [0.25, 0.3) is 0 Å². The minimum Gasteiger partial charge on any atom is -0.339 e.